The van der Waals surface area contributed by atoms with E-state index < -0.39 is 0 Å². The van der Waals surface area contributed by atoms with Crippen LogP contribution < -0.4 is 5.32 Å². The summed E-state index contributed by atoms with van der Waals surface area (Å²) in [7, 11) is 3.56. The molecule has 0 unspecified atom stereocenters. The first-order valence-electron chi connectivity index (χ1n) is 8.11. The normalized spacial score (nSPS) is 11.3. The molecular formula is C17H16ClN7O2. The van der Waals surface area contributed by atoms with Crippen LogP contribution in [0.5, 0.6) is 0 Å². The first kappa shape index (κ1) is 17.2. The highest BCUT2D eigenvalue weighted by molar-refractivity contribution is 6.34. The van der Waals surface area contributed by atoms with Crippen LogP contribution in [0.4, 0.5) is 5.82 Å². The number of fused-ring (bicyclic) bond motifs is 1. The Labute approximate surface area is 158 Å². The maximum atomic E-state index is 13.0. The van der Waals surface area contributed by atoms with E-state index in [4.69, 9.17) is 16.1 Å². The summed E-state index contributed by atoms with van der Waals surface area (Å²) in [5.74, 6) is -0.0810. The molecule has 138 valence electrons. The molecule has 0 radical (unpaired) electrons. The number of carbonyl (C=O) groups excluding carboxylic acids is 1. The Kier molecular flexibility index (Phi) is 3.96. The van der Waals surface area contributed by atoms with Crippen molar-refractivity contribution in [2.75, 3.05) is 5.32 Å². The van der Waals surface area contributed by atoms with Gasteiger partial charge in [0.2, 0.25) is 0 Å². The quantitative estimate of drug-likeness (QED) is 0.581. The van der Waals surface area contributed by atoms with Gasteiger partial charge in [-0.3, -0.25) is 14.2 Å². The van der Waals surface area contributed by atoms with Gasteiger partial charge in [-0.25, -0.2) is 4.98 Å². The zero-order valence-corrected chi connectivity index (χ0v) is 15.9. The van der Waals surface area contributed by atoms with Gasteiger partial charge < -0.3 is 9.84 Å². The molecule has 0 aromatic carbocycles. The lowest BCUT2D eigenvalue weighted by Crippen LogP contribution is -2.14. The summed E-state index contributed by atoms with van der Waals surface area (Å²) in [4.78, 5) is 17.5. The van der Waals surface area contributed by atoms with Crippen LogP contribution in [0.3, 0.4) is 0 Å². The molecule has 0 atom stereocenters. The second-order valence-corrected chi connectivity index (χ2v) is 6.61. The third kappa shape index (κ3) is 2.85. The van der Waals surface area contributed by atoms with Crippen LogP contribution in [0, 0.1) is 13.8 Å². The molecule has 1 N–H and O–H groups in total. The summed E-state index contributed by atoms with van der Waals surface area (Å²) in [6.07, 6.45) is 3.47. The van der Waals surface area contributed by atoms with Crippen molar-refractivity contribution in [2.24, 2.45) is 14.1 Å². The predicted molar refractivity (Wildman–Crippen MR) is 99.7 cm³/mol. The molecule has 10 heteroatoms. The Balaban J connectivity index is 1.82. The number of nitrogens with zero attached hydrogens (tertiary/aromatic N) is 6. The van der Waals surface area contributed by atoms with E-state index in [9.17, 15) is 4.79 Å². The first-order valence-corrected chi connectivity index (χ1v) is 8.49. The molecule has 4 aromatic heterocycles. The Hall–Kier alpha value is -3.20. The van der Waals surface area contributed by atoms with Crippen LogP contribution >= 0.6 is 11.6 Å². The summed E-state index contributed by atoms with van der Waals surface area (Å²) in [5.41, 5.74) is 3.29. The molecule has 27 heavy (non-hydrogen) atoms. The zero-order chi connectivity index (χ0) is 19.3. The number of hydrogen-bond acceptors (Lipinski definition) is 6. The Morgan fingerprint density at radius 3 is 2.70 bits per heavy atom. The average Bonchev–Trinajstić information content (AvgIpc) is 3.30. The van der Waals surface area contributed by atoms with Crippen LogP contribution in [0.15, 0.2) is 23.0 Å². The first-order chi connectivity index (χ1) is 12.8. The molecule has 0 aliphatic rings. The number of pyridine rings is 1. The Bertz CT molecular complexity index is 1190. The van der Waals surface area contributed by atoms with E-state index in [-0.39, 0.29) is 11.6 Å². The zero-order valence-electron chi connectivity index (χ0n) is 15.1. The van der Waals surface area contributed by atoms with Gasteiger partial charge in [-0.15, -0.1) is 0 Å². The second-order valence-electron chi connectivity index (χ2n) is 6.23. The lowest BCUT2D eigenvalue weighted by molar-refractivity contribution is 0.102. The van der Waals surface area contributed by atoms with Gasteiger partial charge in [0.25, 0.3) is 11.6 Å². The van der Waals surface area contributed by atoms with Crippen LogP contribution in [-0.4, -0.2) is 35.6 Å². The molecule has 0 saturated carbocycles. The van der Waals surface area contributed by atoms with E-state index in [2.05, 4.69) is 25.7 Å². The lowest BCUT2D eigenvalue weighted by Gasteiger charge is -2.06. The van der Waals surface area contributed by atoms with Gasteiger partial charge in [0, 0.05) is 25.9 Å². The standard InChI is InChI=1S/C17H16ClN7O2/c1-8-13-11(16(26)21-15-14(18)9(2)25(4)22-15)5-12(20-17(13)27-23-8)10-6-19-24(3)7-10/h5-7H,1-4H3,(H,21,22,26). The molecule has 0 bridgehead atoms. The molecule has 4 rings (SSSR count). The Morgan fingerprint density at radius 2 is 2.07 bits per heavy atom. The van der Waals surface area contributed by atoms with Crippen LogP contribution in [0.1, 0.15) is 21.7 Å². The molecule has 9 nitrogen and oxygen atoms in total. The fourth-order valence-corrected chi connectivity index (χ4v) is 3.02. The minimum atomic E-state index is -0.376. The number of aryl methyl sites for hydroxylation is 3. The fraction of sp³-hybridized carbons (Fsp3) is 0.235. The van der Waals surface area contributed by atoms with Gasteiger partial charge >= 0.3 is 0 Å². The maximum Gasteiger partial charge on any atom is 0.259 e. The van der Waals surface area contributed by atoms with E-state index in [0.29, 0.717) is 33.2 Å². The monoisotopic (exact) mass is 385 g/mol. The van der Waals surface area contributed by atoms with E-state index in [1.165, 1.54) is 0 Å². The number of amides is 1. The van der Waals surface area contributed by atoms with Gasteiger partial charge in [-0.05, 0) is 19.9 Å². The summed E-state index contributed by atoms with van der Waals surface area (Å²) in [6.45, 7) is 3.58. The SMILES string of the molecule is Cc1noc2nc(-c3cnn(C)c3)cc(C(=O)Nc3nn(C)c(C)c3Cl)c12. The van der Waals surface area contributed by atoms with Crippen molar-refractivity contribution in [3.63, 3.8) is 0 Å². The minimum absolute atomic E-state index is 0.280. The highest BCUT2D eigenvalue weighted by atomic mass is 35.5. The second kappa shape index (κ2) is 6.20. The highest BCUT2D eigenvalue weighted by Crippen LogP contribution is 2.29. The predicted octanol–water partition coefficient (Wildman–Crippen LogP) is 2.88. The number of carbonyl (C=O) groups is 1. The summed E-state index contributed by atoms with van der Waals surface area (Å²) in [5, 5.41) is 16.0. The van der Waals surface area contributed by atoms with Gasteiger partial charge in [0.15, 0.2) is 5.82 Å². The molecular weight excluding hydrogens is 370 g/mol. The van der Waals surface area contributed by atoms with Crippen molar-refractivity contribution < 1.29 is 9.32 Å². The van der Waals surface area contributed by atoms with Crippen molar-refractivity contribution in [1.29, 1.82) is 0 Å². The molecule has 0 spiro atoms. The van der Waals surface area contributed by atoms with E-state index in [0.717, 1.165) is 11.3 Å². The molecule has 4 aromatic rings. The number of hydrogen-bond donors (Lipinski definition) is 1. The van der Waals surface area contributed by atoms with Crippen LogP contribution in [0.25, 0.3) is 22.4 Å². The molecule has 0 fully saturated rings. The van der Waals surface area contributed by atoms with Gasteiger partial charge in [-0.1, -0.05) is 16.8 Å². The summed E-state index contributed by atoms with van der Waals surface area (Å²) < 4.78 is 8.55. The summed E-state index contributed by atoms with van der Waals surface area (Å²) >= 11 is 6.25. The van der Waals surface area contributed by atoms with Crippen LogP contribution in [-0.2, 0) is 14.1 Å². The minimum Gasteiger partial charge on any atom is -0.335 e. The highest BCUT2D eigenvalue weighted by Gasteiger charge is 2.22. The number of aromatic nitrogens is 6. The van der Waals surface area contributed by atoms with Gasteiger partial charge in [0.1, 0.15) is 5.02 Å². The summed E-state index contributed by atoms with van der Waals surface area (Å²) in [6, 6.07) is 1.68. The van der Waals surface area contributed by atoms with Crippen LogP contribution in [0.2, 0.25) is 5.02 Å². The van der Waals surface area contributed by atoms with E-state index in [1.54, 1.807) is 48.8 Å². The van der Waals surface area contributed by atoms with Gasteiger partial charge in [0.05, 0.1) is 34.2 Å². The largest absolute Gasteiger partial charge is 0.335 e. The van der Waals surface area contributed by atoms with Crippen molar-refractivity contribution in [3.8, 4) is 11.3 Å². The van der Waals surface area contributed by atoms with Crippen molar-refractivity contribution in [2.45, 2.75) is 13.8 Å². The van der Waals surface area contributed by atoms with Crippen molar-refractivity contribution in [3.05, 3.63) is 40.4 Å². The molecule has 0 aliphatic heterocycles. The Morgan fingerprint density at radius 1 is 1.30 bits per heavy atom. The van der Waals surface area contributed by atoms with Crippen molar-refractivity contribution >= 4 is 34.4 Å². The average molecular weight is 386 g/mol. The maximum absolute atomic E-state index is 13.0. The third-order valence-corrected chi connectivity index (χ3v) is 4.81. The number of anilines is 1. The molecule has 0 saturated heterocycles. The number of halogens is 1. The fourth-order valence-electron chi connectivity index (χ4n) is 2.81. The number of nitrogens with one attached hydrogen (secondary N) is 1. The van der Waals surface area contributed by atoms with Gasteiger partial charge in [-0.2, -0.15) is 10.2 Å². The topological polar surface area (TPSA) is 104 Å². The third-order valence-electron chi connectivity index (χ3n) is 4.36. The smallest absolute Gasteiger partial charge is 0.259 e. The molecule has 0 aliphatic carbocycles. The van der Waals surface area contributed by atoms with Crippen molar-refractivity contribution in [1.82, 2.24) is 29.7 Å². The lowest BCUT2D eigenvalue weighted by atomic mass is 10.1. The molecule has 4 heterocycles. The number of rotatable bonds is 3. The molecule has 1 amide bonds. The van der Waals surface area contributed by atoms with E-state index in [1.807, 2.05) is 6.92 Å². The van der Waals surface area contributed by atoms with E-state index >= 15 is 0 Å².